The highest BCUT2D eigenvalue weighted by molar-refractivity contribution is 5.93. The van der Waals surface area contributed by atoms with E-state index < -0.39 is 18.1 Å². The van der Waals surface area contributed by atoms with Crippen molar-refractivity contribution in [2.24, 2.45) is 0 Å². The van der Waals surface area contributed by atoms with Crippen LogP contribution in [0.1, 0.15) is 46.6 Å². The van der Waals surface area contributed by atoms with Crippen LogP contribution in [0.5, 0.6) is 0 Å². The van der Waals surface area contributed by atoms with E-state index in [2.05, 4.69) is 9.97 Å². The number of nitrogens with zero attached hydrogens (tertiary/aromatic N) is 2. The number of pyridine rings is 1. The number of hydrogen-bond donors (Lipinski definition) is 1. The molecule has 0 aliphatic heterocycles. The van der Waals surface area contributed by atoms with Crippen LogP contribution in [0.2, 0.25) is 0 Å². The van der Waals surface area contributed by atoms with Gasteiger partial charge in [-0.25, -0.2) is 4.98 Å². The number of aromatic nitrogens is 2. The van der Waals surface area contributed by atoms with E-state index in [-0.39, 0.29) is 17.2 Å². The number of rotatable bonds is 4. The van der Waals surface area contributed by atoms with Gasteiger partial charge in [0.2, 0.25) is 0 Å². The Morgan fingerprint density at radius 2 is 2.18 bits per heavy atom. The Bertz CT molecular complexity index is 665. The smallest absolute Gasteiger partial charge is 0.412 e. The van der Waals surface area contributed by atoms with Gasteiger partial charge in [-0.15, -0.1) is 0 Å². The van der Waals surface area contributed by atoms with E-state index in [1.54, 1.807) is 0 Å². The standard InChI is InChI=1S/C14H12F3N3O2/c15-14(16,17)12(9-2-1-5-18-6-9)20-13(21)10-11(8-3-4-8)22-7-19-10/h1-2,5-8,12H,3-4H2,(H,20,21). The van der Waals surface area contributed by atoms with Crippen molar-refractivity contribution in [1.82, 2.24) is 15.3 Å². The van der Waals surface area contributed by atoms with Crippen molar-refractivity contribution in [3.05, 3.63) is 47.9 Å². The zero-order valence-electron chi connectivity index (χ0n) is 11.3. The van der Waals surface area contributed by atoms with Gasteiger partial charge in [-0.2, -0.15) is 13.2 Å². The second-order valence-electron chi connectivity index (χ2n) is 5.07. The molecule has 2 aromatic heterocycles. The summed E-state index contributed by atoms with van der Waals surface area (Å²) >= 11 is 0. The Morgan fingerprint density at radius 1 is 1.41 bits per heavy atom. The first-order valence-corrected chi connectivity index (χ1v) is 6.67. The van der Waals surface area contributed by atoms with Gasteiger partial charge in [-0.05, 0) is 18.9 Å². The highest BCUT2D eigenvalue weighted by atomic mass is 19.4. The van der Waals surface area contributed by atoms with E-state index in [1.807, 2.05) is 5.32 Å². The van der Waals surface area contributed by atoms with Gasteiger partial charge < -0.3 is 9.73 Å². The number of hydrogen-bond acceptors (Lipinski definition) is 4. The van der Waals surface area contributed by atoms with Crippen molar-refractivity contribution in [2.45, 2.75) is 31.0 Å². The van der Waals surface area contributed by atoms with Crippen molar-refractivity contribution in [3.63, 3.8) is 0 Å². The molecule has 1 fully saturated rings. The lowest BCUT2D eigenvalue weighted by molar-refractivity contribution is -0.155. The van der Waals surface area contributed by atoms with Crippen LogP contribution in [0.3, 0.4) is 0 Å². The SMILES string of the molecule is O=C(NC(c1cccnc1)C(F)(F)F)c1ncoc1C1CC1. The molecule has 5 nitrogen and oxygen atoms in total. The lowest BCUT2D eigenvalue weighted by Gasteiger charge is -2.21. The van der Waals surface area contributed by atoms with Gasteiger partial charge in [0.15, 0.2) is 18.1 Å². The average molecular weight is 311 g/mol. The third-order valence-corrected chi connectivity index (χ3v) is 3.38. The van der Waals surface area contributed by atoms with Gasteiger partial charge in [0.25, 0.3) is 5.91 Å². The monoisotopic (exact) mass is 311 g/mol. The van der Waals surface area contributed by atoms with E-state index in [4.69, 9.17) is 4.42 Å². The van der Waals surface area contributed by atoms with Crippen molar-refractivity contribution >= 4 is 5.91 Å². The van der Waals surface area contributed by atoms with E-state index in [1.165, 1.54) is 18.3 Å². The summed E-state index contributed by atoms with van der Waals surface area (Å²) in [5, 5.41) is 1.97. The Balaban J connectivity index is 1.84. The number of alkyl halides is 3. The third-order valence-electron chi connectivity index (χ3n) is 3.38. The highest BCUT2D eigenvalue weighted by Crippen LogP contribution is 2.41. The minimum Gasteiger partial charge on any atom is -0.447 e. The second-order valence-corrected chi connectivity index (χ2v) is 5.07. The van der Waals surface area contributed by atoms with Crippen LogP contribution in [-0.4, -0.2) is 22.1 Å². The molecular formula is C14H12F3N3O2. The summed E-state index contributed by atoms with van der Waals surface area (Å²) in [6, 6.07) is 0.500. The third kappa shape index (κ3) is 2.95. The molecule has 1 atom stereocenters. The molecule has 1 aliphatic carbocycles. The molecule has 116 valence electrons. The molecular weight excluding hydrogens is 299 g/mol. The largest absolute Gasteiger partial charge is 0.447 e. The fourth-order valence-corrected chi connectivity index (χ4v) is 2.16. The Kier molecular flexibility index (Phi) is 3.59. The lowest BCUT2D eigenvalue weighted by Crippen LogP contribution is -2.38. The van der Waals surface area contributed by atoms with Crippen LogP contribution < -0.4 is 5.32 Å². The van der Waals surface area contributed by atoms with Crippen molar-refractivity contribution in [1.29, 1.82) is 0 Å². The fourth-order valence-electron chi connectivity index (χ4n) is 2.16. The molecule has 22 heavy (non-hydrogen) atoms. The number of amides is 1. The molecule has 0 bridgehead atoms. The van der Waals surface area contributed by atoms with Crippen molar-refractivity contribution in [2.75, 3.05) is 0 Å². The summed E-state index contributed by atoms with van der Waals surface area (Å²) in [4.78, 5) is 19.5. The Labute approximate surface area is 123 Å². The molecule has 8 heteroatoms. The van der Waals surface area contributed by atoms with Crippen molar-refractivity contribution in [3.8, 4) is 0 Å². The van der Waals surface area contributed by atoms with Gasteiger partial charge in [-0.1, -0.05) is 6.07 Å². The lowest BCUT2D eigenvalue weighted by atomic mass is 10.1. The topological polar surface area (TPSA) is 68.0 Å². The van der Waals surface area contributed by atoms with E-state index in [9.17, 15) is 18.0 Å². The predicted octanol–water partition coefficient (Wildman–Crippen LogP) is 2.98. The van der Waals surface area contributed by atoms with Crippen molar-refractivity contribution < 1.29 is 22.4 Å². The van der Waals surface area contributed by atoms with Gasteiger partial charge in [-0.3, -0.25) is 9.78 Å². The minimum atomic E-state index is -4.64. The summed E-state index contributed by atoms with van der Waals surface area (Å²) < 4.78 is 44.7. The van der Waals surface area contributed by atoms with Crippen LogP contribution in [0.15, 0.2) is 35.3 Å². The normalized spacial score (nSPS) is 16.3. The zero-order valence-corrected chi connectivity index (χ0v) is 11.3. The quantitative estimate of drug-likeness (QED) is 0.942. The van der Waals surface area contributed by atoms with Gasteiger partial charge in [0.1, 0.15) is 5.76 Å². The van der Waals surface area contributed by atoms with Gasteiger partial charge in [0.05, 0.1) is 0 Å². The molecule has 0 radical (unpaired) electrons. The summed E-state index contributed by atoms with van der Waals surface area (Å²) in [5.41, 5.74) is -0.222. The first-order valence-electron chi connectivity index (χ1n) is 6.67. The fraction of sp³-hybridized carbons (Fsp3) is 0.357. The average Bonchev–Trinajstić information content (AvgIpc) is 3.21. The van der Waals surface area contributed by atoms with Crippen LogP contribution in [0.25, 0.3) is 0 Å². The van der Waals surface area contributed by atoms with Gasteiger partial charge in [0, 0.05) is 23.9 Å². The van der Waals surface area contributed by atoms with Crippen LogP contribution in [-0.2, 0) is 0 Å². The molecule has 1 amide bonds. The molecule has 2 heterocycles. The second kappa shape index (κ2) is 5.43. The Hall–Kier alpha value is -2.38. The molecule has 1 unspecified atom stereocenters. The molecule has 3 rings (SSSR count). The first-order chi connectivity index (χ1) is 10.5. The van der Waals surface area contributed by atoms with E-state index in [0.29, 0.717) is 5.76 Å². The number of nitrogens with one attached hydrogen (secondary N) is 1. The van der Waals surface area contributed by atoms with Gasteiger partial charge >= 0.3 is 6.18 Å². The summed E-state index contributed by atoms with van der Waals surface area (Å²) in [5.74, 6) is -0.475. The van der Waals surface area contributed by atoms with E-state index >= 15 is 0 Å². The number of halogens is 3. The molecule has 2 aromatic rings. The maximum absolute atomic E-state index is 13.2. The van der Waals surface area contributed by atoms with Crippen LogP contribution >= 0.6 is 0 Å². The summed E-state index contributed by atoms with van der Waals surface area (Å²) in [6.07, 6.45) is 0.573. The molecule has 1 saturated carbocycles. The van der Waals surface area contributed by atoms with Crippen LogP contribution in [0.4, 0.5) is 13.2 Å². The molecule has 1 aliphatic rings. The maximum atomic E-state index is 13.2. The zero-order chi connectivity index (χ0) is 15.7. The minimum absolute atomic E-state index is 0.0750. The molecule has 0 aromatic carbocycles. The first kappa shape index (κ1) is 14.6. The van der Waals surface area contributed by atoms with Crippen LogP contribution in [0, 0.1) is 0 Å². The van der Waals surface area contributed by atoms with E-state index in [0.717, 1.165) is 25.4 Å². The molecule has 0 spiro atoms. The Morgan fingerprint density at radius 3 is 2.77 bits per heavy atom. The summed E-state index contributed by atoms with van der Waals surface area (Å²) in [6.45, 7) is 0. The number of oxazole rings is 1. The predicted molar refractivity (Wildman–Crippen MR) is 69.0 cm³/mol. The highest BCUT2D eigenvalue weighted by Gasteiger charge is 2.43. The maximum Gasteiger partial charge on any atom is 0.412 e. The number of carbonyl (C=O) groups is 1. The molecule has 1 N–H and O–H groups in total. The molecule has 0 saturated heterocycles. The number of carbonyl (C=O) groups excluding carboxylic acids is 1. The summed E-state index contributed by atoms with van der Waals surface area (Å²) in [7, 11) is 0.